The summed E-state index contributed by atoms with van der Waals surface area (Å²) in [7, 11) is 0. The van der Waals surface area contributed by atoms with Crippen molar-refractivity contribution in [1.82, 2.24) is 25.6 Å². The van der Waals surface area contributed by atoms with E-state index in [0.29, 0.717) is 11.6 Å². The number of carbonyl (C=O) groups excluding carboxylic acids is 1. The lowest BCUT2D eigenvalue weighted by Gasteiger charge is -2.29. The Morgan fingerprint density at radius 1 is 1.39 bits per heavy atom. The van der Waals surface area contributed by atoms with E-state index in [4.69, 9.17) is 0 Å². The molecule has 1 saturated heterocycles. The number of hydrogen-bond acceptors (Lipinski definition) is 4. The van der Waals surface area contributed by atoms with Gasteiger partial charge in [-0.05, 0) is 49.7 Å². The second-order valence-corrected chi connectivity index (χ2v) is 5.55. The van der Waals surface area contributed by atoms with E-state index in [0.717, 1.165) is 19.5 Å². The molecule has 3 rings (SSSR count). The summed E-state index contributed by atoms with van der Waals surface area (Å²) >= 11 is 0. The molecular weight excluding hydrogens is 321 g/mol. The second-order valence-electron chi connectivity index (χ2n) is 5.55. The molecule has 0 radical (unpaired) electrons. The molecule has 2 unspecified atom stereocenters. The molecule has 2 N–H and O–H groups in total. The standard InChI is InChI=1S/C15H18FN5O.ClH/c1-10-8-17-7-6-13(10)19-15(22)14-9-18-21(20-14)12-4-2-11(16)3-5-12;/h2-5,9-10,13,17H,6-8H2,1H3,(H,19,22);1H. The topological polar surface area (TPSA) is 71.8 Å². The van der Waals surface area contributed by atoms with Crippen molar-refractivity contribution in [3.05, 3.63) is 42.0 Å². The van der Waals surface area contributed by atoms with Crippen LogP contribution in [0.1, 0.15) is 23.8 Å². The van der Waals surface area contributed by atoms with Crippen molar-refractivity contribution >= 4 is 18.3 Å². The van der Waals surface area contributed by atoms with Crippen LogP contribution in [0.4, 0.5) is 4.39 Å². The lowest BCUT2D eigenvalue weighted by atomic mass is 9.95. The molecule has 6 nitrogen and oxygen atoms in total. The number of nitrogens with zero attached hydrogens (tertiary/aromatic N) is 3. The minimum atomic E-state index is -0.325. The average molecular weight is 340 g/mol. The van der Waals surface area contributed by atoms with E-state index in [1.54, 1.807) is 12.1 Å². The lowest BCUT2D eigenvalue weighted by Crippen LogP contribution is -2.48. The fourth-order valence-corrected chi connectivity index (χ4v) is 2.54. The Morgan fingerprint density at radius 3 is 2.83 bits per heavy atom. The summed E-state index contributed by atoms with van der Waals surface area (Å²) in [5.74, 6) is -0.175. The molecule has 23 heavy (non-hydrogen) atoms. The normalized spacial score (nSPS) is 20.6. The van der Waals surface area contributed by atoms with Crippen LogP contribution in [0.2, 0.25) is 0 Å². The molecule has 8 heteroatoms. The van der Waals surface area contributed by atoms with Gasteiger partial charge >= 0.3 is 0 Å². The predicted octanol–water partition coefficient (Wildman–Crippen LogP) is 1.56. The van der Waals surface area contributed by atoms with E-state index in [1.165, 1.54) is 23.1 Å². The Morgan fingerprint density at radius 2 is 2.13 bits per heavy atom. The van der Waals surface area contributed by atoms with E-state index < -0.39 is 0 Å². The number of amides is 1. The Bertz CT molecular complexity index is 660. The van der Waals surface area contributed by atoms with Gasteiger partial charge in [0.15, 0.2) is 5.69 Å². The van der Waals surface area contributed by atoms with Gasteiger partial charge in [0.25, 0.3) is 5.91 Å². The highest BCUT2D eigenvalue weighted by molar-refractivity contribution is 5.92. The van der Waals surface area contributed by atoms with Gasteiger partial charge in [-0.25, -0.2) is 4.39 Å². The number of carbonyl (C=O) groups is 1. The Labute approximate surface area is 139 Å². The number of hydrogen-bond donors (Lipinski definition) is 2. The molecule has 1 fully saturated rings. The van der Waals surface area contributed by atoms with Crippen LogP contribution in [0.5, 0.6) is 0 Å². The van der Waals surface area contributed by atoms with Gasteiger partial charge in [0.05, 0.1) is 11.9 Å². The fourth-order valence-electron chi connectivity index (χ4n) is 2.54. The van der Waals surface area contributed by atoms with Gasteiger partial charge in [0, 0.05) is 6.04 Å². The number of halogens is 2. The summed E-state index contributed by atoms with van der Waals surface area (Å²) in [5.41, 5.74) is 0.866. The quantitative estimate of drug-likeness (QED) is 0.890. The van der Waals surface area contributed by atoms with E-state index in [9.17, 15) is 9.18 Å². The molecule has 1 aromatic heterocycles. The number of nitrogens with one attached hydrogen (secondary N) is 2. The monoisotopic (exact) mass is 339 g/mol. The maximum absolute atomic E-state index is 12.9. The van der Waals surface area contributed by atoms with E-state index in [2.05, 4.69) is 27.8 Å². The van der Waals surface area contributed by atoms with Gasteiger partial charge in [-0.15, -0.1) is 17.5 Å². The highest BCUT2D eigenvalue weighted by Crippen LogP contribution is 2.11. The lowest BCUT2D eigenvalue weighted by molar-refractivity contribution is 0.0908. The average Bonchev–Trinajstić information content (AvgIpc) is 3.00. The van der Waals surface area contributed by atoms with Gasteiger partial charge in [-0.2, -0.15) is 9.90 Å². The first-order chi connectivity index (χ1) is 10.6. The highest BCUT2D eigenvalue weighted by Gasteiger charge is 2.24. The molecule has 2 atom stereocenters. The van der Waals surface area contributed by atoms with Gasteiger partial charge in [0.1, 0.15) is 5.82 Å². The van der Waals surface area contributed by atoms with Crippen molar-refractivity contribution in [2.24, 2.45) is 5.92 Å². The zero-order valence-electron chi connectivity index (χ0n) is 12.7. The second kappa shape index (κ2) is 7.52. The van der Waals surface area contributed by atoms with Gasteiger partial charge in [0.2, 0.25) is 0 Å². The molecule has 0 saturated carbocycles. The minimum Gasteiger partial charge on any atom is -0.347 e. The molecule has 1 aliphatic heterocycles. The van der Waals surface area contributed by atoms with Crippen LogP contribution < -0.4 is 10.6 Å². The van der Waals surface area contributed by atoms with Gasteiger partial charge in [-0.1, -0.05) is 6.92 Å². The van der Waals surface area contributed by atoms with Crippen LogP contribution in [-0.4, -0.2) is 40.0 Å². The molecule has 1 aliphatic rings. The summed E-state index contributed by atoms with van der Waals surface area (Å²) in [6, 6.07) is 5.92. The first-order valence-corrected chi connectivity index (χ1v) is 7.33. The smallest absolute Gasteiger partial charge is 0.273 e. The third-order valence-electron chi connectivity index (χ3n) is 3.88. The highest BCUT2D eigenvalue weighted by atomic mass is 35.5. The molecule has 2 heterocycles. The predicted molar refractivity (Wildman–Crippen MR) is 86.5 cm³/mol. The molecular formula is C15H19ClFN5O. The van der Waals surface area contributed by atoms with Crippen LogP contribution >= 0.6 is 12.4 Å². The fraction of sp³-hybridized carbons (Fsp3) is 0.400. The van der Waals surface area contributed by atoms with Gasteiger partial charge < -0.3 is 10.6 Å². The molecule has 0 aliphatic carbocycles. The maximum Gasteiger partial charge on any atom is 0.273 e. The summed E-state index contributed by atoms with van der Waals surface area (Å²) in [6.07, 6.45) is 2.32. The van der Waals surface area contributed by atoms with E-state index in [-0.39, 0.29) is 35.9 Å². The Kier molecular flexibility index (Phi) is 5.68. The number of benzene rings is 1. The molecule has 2 aromatic rings. The van der Waals surface area contributed by atoms with Gasteiger partial charge in [-0.3, -0.25) is 4.79 Å². The van der Waals surface area contributed by atoms with Crippen molar-refractivity contribution in [1.29, 1.82) is 0 Å². The first kappa shape index (κ1) is 17.4. The largest absolute Gasteiger partial charge is 0.347 e. The van der Waals surface area contributed by atoms with E-state index in [1.807, 2.05) is 0 Å². The molecule has 124 valence electrons. The number of piperidine rings is 1. The number of aromatic nitrogens is 3. The maximum atomic E-state index is 12.9. The van der Waals surface area contributed by atoms with Crippen LogP contribution in [-0.2, 0) is 0 Å². The molecule has 1 amide bonds. The zero-order valence-corrected chi connectivity index (χ0v) is 13.5. The Balaban J connectivity index is 0.00000192. The third-order valence-corrected chi connectivity index (χ3v) is 3.88. The summed E-state index contributed by atoms with van der Waals surface area (Å²) in [4.78, 5) is 13.6. The zero-order chi connectivity index (χ0) is 15.5. The first-order valence-electron chi connectivity index (χ1n) is 7.33. The minimum absolute atomic E-state index is 0. The summed E-state index contributed by atoms with van der Waals surface area (Å²) < 4.78 is 12.9. The van der Waals surface area contributed by atoms with Crippen molar-refractivity contribution in [3.8, 4) is 5.69 Å². The van der Waals surface area contributed by atoms with Crippen LogP contribution in [0.3, 0.4) is 0 Å². The molecule has 1 aromatic carbocycles. The summed E-state index contributed by atoms with van der Waals surface area (Å²) in [6.45, 7) is 3.90. The van der Waals surface area contributed by atoms with Crippen molar-refractivity contribution in [2.75, 3.05) is 13.1 Å². The van der Waals surface area contributed by atoms with Crippen molar-refractivity contribution in [2.45, 2.75) is 19.4 Å². The van der Waals surface area contributed by atoms with Crippen LogP contribution in [0, 0.1) is 11.7 Å². The molecule has 0 spiro atoms. The van der Waals surface area contributed by atoms with Crippen molar-refractivity contribution < 1.29 is 9.18 Å². The Hall–Kier alpha value is -1.99. The van der Waals surface area contributed by atoms with E-state index >= 15 is 0 Å². The van der Waals surface area contributed by atoms with Crippen LogP contribution in [0.25, 0.3) is 5.69 Å². The SMILES string of the molecule is CC1CNCCC1NC(=O)c1cnn(-c2ccc(F)cc2)n1.Cl. The molecule has 0 bridgehead atoms. The van der Waals surface area contributed by atoms with Crippen LogP contribution in [0.15, 0.2) is 30.5 Å². The van der Waals surface area contributed by atoms with Crippen molar-refractivity contribution in [3.63, 3.8) is 0 Å². The summed E-state index contributed by atoms with van der Waals surface area (Å²) in [5, 5.41) is 14.5. The number of rotatable bonds is 3. The third kappa shape index (κ3) is 4.05.